The Balaban J connectivity index is 0.00000676. The van der Waals surface area contributed by atoms with Crippen LogP contribution in [0.2, 0.25) is 0 Å². The maximum atomic E-state index is 11.7. The lowest BCUT2D eigenvalue weighted by Crippen LogP contribution is -2.42. The van der Waals surface area contributed by atoms with Crippen LogP contribution in [-0.2, 0) is 6.42 Å². The molecule has 0 fully saturated rings. The van der Waals surface area contributed by atoms with Crippen molar-refractivity contribution >= 4 is 35.8 Å². The Bertz CT molecular complexity index is 596. The molecule has 1 rings (SSSR count). The average Bonchev–Trinajstić information content (AvgIpc) is 2.59. The van der Waals surface area contributed by atoms with Gasteiger partial charge in [0, 0.05) is 31.7 Å². The molecule has 5 nitrogen and oxygen atoms in total. The highest BCUT2D eigenvalue weighted by Crippen LogP contribution is 2.21. The summed E-state index contributed by atoms with van der Waals surface area (Å²) >= 11 is 0. The van der Waals surface area contributed by atoms with Gasteiger partial charge in [0.2, 0.25) is 0 Å². The predicted molar refractivity (Wildman–Crippen MR) is 126 cm³/mol. The van der Waals surface area contributed by atoms with E-state index in [2.05, 4.69) is 55.6 Å². The summed E-state index contributed by atoms with van der Waals surface area (Å²) in [6, 6.07) is 8.09. The summed E-state index contributed by atoms with van der Waals surface area (Å²) in [5.74, 6) is 0.800. The van der Waals surface area contributed by atoms with Crippen LogP contribution >= 0.6 is 24.0 Å². The third kappa shape index (κ3) is 11.2. The van der Waals surface area contributed by atoms with Crippen LogP contribution in [0.1, 0.15) is 63.4 Å². The SMILES string of the molecule is CCNC(=NCCc1cccc(C(=O)NC)c1)NC(C)CCC(C)(C)C.I. The van der Waals surface area contributed by atoms with Gasteiger partial charge in [-0.15, -0.1) is 24.0 Å². The van der Waals surface area contributed by atoms with Gasteiger partial charge in [0.15, 0.2) is 5.96 Å². The smallest absolute Gasteiger partial charge is 0.251 e. The van der Waals surface area contributed by atoms with Crippen molar-refractivity contribution in [2.45, 2.75) is 59.9 Å². The van der Waals surface area contributed by atoms with Crippen LogP contribution in [0.5, 0.6) is 0 Å². The minimum absolute atomic E-state index is 0. The summed E-state index contributed by atoms with van der Waals surface area (Å²) in [5.41, 5.74) is 2.16. The summed E-state index contributed by atoms with van der Waals surface area (Å²) in [7, 11) is 1.65. The minimum Gasteiger partial charge on any atom is -0.357 e. The van der Waals surface area contributed by atoms with Crippen molar-refractivity contribution in [2.75, 3.05) is 20.1 Å². The second-order valence-electron chi connectivity index (χ2n) is 7.93. The first-order valence-electron chi connectivity index (χ1n) is 9.61. The van der Waals surface area contributed by atoms with Gasteiger partial charge in [-0.1, -0.05) is 32.9 Å². The van der Waals surface area contributed by atoms with E-state index in [0.717, 1.165) is 30.9 Å². The van der Waals surface area contributed by atoms with Gasteiger partial charge < -0.3 is 16.0 Å². The average molecular weight is 488 g/mol. The van der Waals surface area contributed by atoms with Gasteiger partial charge in [0.25, 0.3) is 5.91 Å². The molecule has 0 bridgehead atoms. The first kappa shape index (κ1) is 25.7. The molecule has 1 aromatic rings. The number of nitrogens with zero attached hydrogens (tertiary/aromatic N) is 1. The standard InChI is InChI=1S/C21H36N4O.HI/c1-7-23-20(25-16(2)11-13-21(3,4)5)24-14-12-17-9-8-10-18(15-17)19(26)22-6;/h8-10,15-16H,7,11-14H2,1-6H3,(H,22,26)(H2,23,24,25);1H. The number of halogens is 1. The zero-order chi connectivity index (χ0) is 19.6. The van der Waals surface area contributed by atoms with E-state index in [9.17, 15) is 4.79 Å². The lowest BCUT2D eigenvalue weighted by Gasteiger charge is -2.23. The molecule has 0 heterocycles. The van der Waals surface area contributed by atoms with Crippen molar-refractivity contribution in [3.05, 3.63) is 35.4 Å². The predicted octanol–water partition coefficient (Wildman–Crippen LogP) is 3.98. The summed E-state index contributed by atoms with van der Waals surface area (Å²) in [4.78, 5) is 16.4. The molecule has 0 spiro atoms. The largest absolute Gasteiger partial charge is 0.357 e. The Morgan fingerprint density at radius 1 is 1.26 bits per heavy atom. The van der Waals surface area contributed by atoms with Crippen LogP contribution in [0.3, 0.4) is 0 Å². The van der Waals surface area contributed by atoms with Crippen LogP contribution in [-0.4, -0.2) is 38.0 Å². The number of hydrogen-bond donors (Lipinski definition) is 3. The lowest BCUT2D eigenvalue weighted by molar-refractivity contribution is 0.0963. The molecule has 3 N–H and O–H groups in total. The molecule has 27 heavy (non-hydrogen) atoms. The highest BCUT2D eigenvalue weighted by Gasteiger charge is 2.13. The fraction of sp³-hybridized carbons (Fsp3) is 0.619. The van der Waals surface area contributed by atoms with Crippen LogP contribution in [0, 0.1) is 5.41 Å². The Labute approximate surface area is 182 Å². The third-order valence-electron chi connectivity index (χ3n) is 4.14. The molecule has 0 aliphatic heterocycles. The Hall–Kier alpha value is -1.31. The lowest BCUT2D eigenvalue weighted by atomic mass is 9.89. The molecular formula is C21H37IN4O. The molecule has 154 valence electrons. The Morgan fingerprint density at radius 3 is 2.56 bits per heavy atom. The van der Waals surface area contributed by atoms with E-state index in [1.54, 1.807) is 7.05 Å². The molecule has 0 aliphatic rings. The van der Waals surface area contributed by atoms with E-state index >= 15 is 0 Å². The highest BCUT2D eigenvalue weighted by atomic mass is 127. The molecule has 1 atom stereocenters. The molecule has 0 aromatic heterocycles. The molecule has 1 aromatic carbocycles. The number of nitrogens with one attached hydrogen (secondary N) is 3. The third-order valence-corrected chi connectivity index (χ3v) is 4.14. The summed E-state index contributed by atoms with van der Waals surface area (Å²) < 4.78 is 0. The van der Waals surface area contributed by atoms with E-state index in [-0.39, 0.29) is 29.9 Å². The summed E-state index contributed by atoms with van der Waals surface area (Å²) in [5, 5.41) is 9.46. The summed E-state index contributed by atoms with van der Waals surface area (Å²) in [6.07, 6.45) is 3.09. The normalized spacial score (nSPS) is 12.7. The van der Waals surface area contributed by atoms with Gasteiger partial charge in [-0.25, -0.2) is 0 Å². The maximum Gasteiger partial charge on any atom is 0.251 e. The van der Waals surface area contributed by atoms with Gasteiger partial charge in [0.1, 0.15) is 0 Å². The number of amides is 1. The number of carbonyl (C=O) groups excluding carboxylic acids is 1. The van der Waals surface area contributed by atoms with E-state index < -0.39 is 0 Å². The second kappa shape index (κ2) is 13.0. The van der Waals surface area contributed by atoms with Crippen LogP contribution in [0.25, 0.3) is 0 Å². The molecule has 0 aliphatic carbocycles. The van der Waals surface area contributed by atoms with Crippen LogP contribution in [0.4, 0.5) is 0 Å². The number of benzene rings is 1. The number of aliphatic imine (C=N–C) groups is 1. The molecule has 1 amide bonds. The van der Waals surface area contributed by atoms with Gasteiger partial charge in [-0.2, -0.15) is 0 Å². The topological polar surface area (TPSA) is 65.5 Å². The second-order valence-corrected chi connectivity index (χ2v) is 7.93. The zero-order valence-corrected chi connectivity index (χ0v) is 20.0. The van der Waals surface area contributed by atoms with E-state index in [1.807, 2.05) is 24.3 Å². The first-order valence-corrected chi connectivity index (χ1v) is 9.61. The number of hydrogen-bond acceptors (Lipinski definition) is 2. The number of guanidine groups is 1. The number of rotatable bonds is 8. The fourth-order valence-electron chi connectivity index (χ4n) is 2.58. The van der Waals surface area contributed by atoms with Crippen molar-refractivity contribution in [3.63, 3.8) is 0 Å². The maximum absolute atomic E-state index is 11.7. The van der Waals surface area contributed by atoms with Crippen molar-refractivity contribution in [2.24, 2.45) is 10.4 Å². The monoisotopic (exact) mass is 488 g/mol. The van der Waals surface area contributed by atoms with Gasteiger partial charge in [-0.05, 0) is 56.2 Å². The van der Waals surface area contributed by atoms with E-state index in [0.29, 0.717) is 23.6 Å². The zero-order valence-electron chi connectivity index (χ0n) is 17.7. The quantitative estimate of drug-likeness (QED) is 0.295. The van der Waals surface area contributed by atoms with Crippen molar-refractivity contribution < 1.29 is 4.79 Å². The molecule has 0 saturated carbocycles. The van der Waals surface area contributed by atoms with Crippen LogP contribution in [0.15, 0.2) is 29.3 Å². The van der Waals surface area contributed by atoms with E-state index in [1.165, 1.54) is 6.42 Å². The van der Waals surface area contributed by atoms with Gasteiger partial charge >= 0.3 is 0 Å². The fourth-order valence-corrected chi connectivity index (χ4v) is 2.58. The van der Waals surface area contributed by atoms with Crippen molar-refractivity contribution in [1.82, 2.24) is 16.0 Å². The van der Waals surface area contributed by atoms with Gasteiger partial charge in [0.05, 0.1) is 0 Å². The molecular weight excluding hydrogens is 451 g/mol. The molecule has 0 radical (unpaired) electrons. The van der Waals surface area contributed by atoms with E-state index in [4.69, 9.17) is 0 Å². The molecule has 1 unspecified atom stereocenters. The summed E-state index contributed by atoms with van der Waals surface area (Å²) in [6.45, 7) is 12.6. The van der Waals surface area contributed by atoms with Crippen molar-refractivity contribution in [1.29, 1.82) is 0 Å². The molecule has 0 saturated heterocycles. The Morgan fingerprint density at radius 2 is 1.96 bits per heavy atom. The van der Waals surface area contributed by atoms with Crippen LogP contribution < -0.4 is 16.0 Å². The van der Waals surface area contributed by atoms with Gasteiger partial charge in [-0.3, -0.25) is 9.79 Å². The molecule has 6 heteroatoms. The highest BCUT2D eigenvalue weighted by molar-refractivity contribution is 14.0. The number of carbonyl (C=O) groups is 1. The Kier molecular flexibility index (Phi) is 12.3. The minimum atomic E-state index is -0.0574. The first-order chi connectivity index (χ1) is 12.2. The van der Waals surface area contributed by atoms with Crippen molar-refractivity contribution in [3.8, 4) is 0 Å².